The van der Waals surface area contributed by atoms with Crippen LogP contribution in [0.2, 0.25) is 5.04 Å². The Kier molecular flexibility index (Phi) is 6.12. The summed E-state index contributed by atoms with van der Waals surface area (Å²) in [5.41, 5.74) is -0.436. The summed E-state index contributed by atoms with van der Waals surface area (Å²) in [6.45, 7) is 8.52. The van der Waals surface area contributed by atoms with Gasteiger partial charge >= 0.3 is 5.97 Å². The van der Waals surface area contributed by atoms with Gasteiger partial charge in [-0.15, -0.1) is 0 Å². The van der Waals surface area contributed by atoms with E-state index in [9.17, 15) is 4.79 Å². The highest BCUT2D eigenvalue weighted by Crippen LogP contribution is 2.44. The maximum Gasteiger partial charge on any atom is 0.326 e. The quantitative estimate of drug-likeness (QED) is 0.510. The summed E-state index contributed by atoms with van der Waals surface area (Å²) in [6, 6.07) is 21.8. The van der Waals surface area contributed by atoms with Crippen LogP contribution in [0.3, 0.4) is 0 Å². The molecule has 0 saturated carbocycles. The molecule has 2 aromatic rings. The van der Waals surface area contributed by atoms with Crippen LogP contribution in [-0.4, -0.2) is 51.0 Å². The van der Waals surface area contributed by atoms with Crippen LogP contribution in [0.15, 0.2) is 60.7 Å². The number of nitrogens with zero attached hydrogens (tertiary/aromatic N) is 1. The van der Waals surface area contributed by atoms with Crippen molar-refractivity contribution in [3.05, 3.63) is 60.7 Å². The Morgan fingerprint density at radius 1 is 1.03 bits per heavy atom. The van der Waals surface area contributed by atoms with Gasteiger partial charge in [0.25, 0.3) is 8.32 Å². The maximum atomic E-state index is 12.7. The molecule has 2 heterocycles. The third kappa shape index (κ3) is 3.67. The fourth-order valence-electron chi connectivity index (χ4n) is 5.93. The second-order valence-corrected chi connectivity index (χ2v) is 14.3. The van der Waals surface area contributed by atoms with Crippen LogP contribution >= 0.6 is 0 Å². The highest BCUT2D eigenvalue weighted by Gasteiger charge is 2.56. The zero-order chi connectivity index (χ0) is 22.1. The Morgan fingerprint density at radius 3 is 2.13 bits per heavy atom. The van der Waals surface area contributed by atoms with Crippen molar-refractivity contribution in [3.8, 4) is 0 Å². The van der Waals surface area contributed by atoms with Crippen molar-refractivity contribution in [2.45, 2.75) is 63.1 Å². The van der Waals surface area contributed by atoms with Crippen LogP contribution in [0.4, 0.5) is 0 Å². The Balaban J connectivity index is 1.69. The van der Waals surface area contributed by atoms with Crippen molar-refractivity contribution in [1.82, 2.24) is 4.90 Å². The average molecular weight is 438 g/mol. The van der Waals surface area contributed by atoms with E-state index in [0.29, 0.717) is 6.61 Å². The number of hydrogen-bond donors (Lipinski definition) is 0. The Labute approximate surface area is 187 Å². The molecular weight excluding hydrogens is 402 g/mol. The number of fused-ring (bicyclic) bond motifs is 1. The van der Waals surface area contributed by atoms with E-state index < -0.39 is 13.9 Å². The number of carbonyl (C=O) groups is 1. The first-order valence-corrected chi connectivity index (χ1v) is 13.4. The Morgan fingerprint density at radius 2 is 1.61 bits per heavy atom. The minimum Gasteiger partial charge on any atom is -0.468 e. The molecule has 0 amide bonds. The molecule has 0 aliphatic carbocycles. The zero-order valence-corrected chi connectivity index (χ0v) is 20.3. The summed E-state index contributed by atoms with van der Waals surface area (Å²) in [5.74, 6) is -0.0713. The van der Waals surface area contributed by atoms with Gasteiger partial charge in [-0.25, -0.2) is 0 Å². The first-order chi connectivity index (χ1) is 14.8. The Hall–Kier alpha value is -1.95. The normalized spacial score (nSPS) is 24.2. The first-order valence-electron chi connectivity index (χ1n) is 11.5. The lowest BCUT2D eigenvalue weighted by Crippen LogP contribution is -2.67. The van der Waals surface area contributed by atoms with E-state index in [4.69, 9.17) is 9.16 Å². The first kappa shape index (κ1) is 22.2. The second-order valence-electron chi connectivity index (χ2n) is 9.99. The molecule has 0 aromatic heterocycles. The van der Waals surface area contributed by atoms with Gasteiger partial charge in [0.2, 0.25) is 0 Å². The number of benzene rings is 2. The molecule has 2 aliphatic rings. The van der Waals surface area contributed by atoms with Gasteiger partial charge in [-0.1, -0.05) is 81.4 Å². The van der Waals surface area contributed by atoms with Crippen LogP contribution in [0.25, 0.3) is 0 Å². The molecule has 2 aliphatic heterocycles. The van der Waals surface area contributed by atoms with Crippen molar-refractivity contribution in [2.75, 3.05) is 20.3 Å². The van der Waals surface area contributed by atoms with Crippen LogP contribution in [0, 0.1) is 0 Å². The van der Waals surface area contributed by atoms with Crippen molar-refractivity contribution in [3.63, 3.8) is 0 Å². The maximum absolute atomic E-state index is 12.7. The van der Waals surface area contributed by atoms with Gasteiger partial charge in [0, 0.05) is 6.04 Å². The van der Waals surface area contributed by atoms with E-state index in [-0.39, 0.29) is 17.0 Å². The van der Waals surface area contributed by atoms with Gasteiger partial charge in [-0.05, 0) is 47.6 Å². The molecule has 31 heavy (non-hydrogen) atoms. The predicted octanol–water partition coefficient (Wildman–Crippen LogP) is 3.73. The van der Waals surface area contributed by atoms with E-state index in [1.54, 1.807) is 0 Å². The minimum absolute atomic E-state index is 0.0429. The molecule has 4 rings (SSSR count). The molecule has 2 atom stereocenters. The summed E-state index contributed by atoms with van der Waals surface area (Å²) < 4.78 is 12.4. The SMILES string of the molecule is COC(=O)[C@@]12CCCN1[C@@H](CO[Si](c1ccccc1)(c1ccccc1)C(C)(C)C)CC2. The molecule has 0 N–H and O–H groups in total. The predicted molar refractivity (Wildman–Crippen MR) is 127 cm³/mol. The number of methoxy groups -OCH3 is 1. The number of rotatable bonds is 6. The summed E-state index contributed by atoms with van der Waals surface area (Å²) >= 11 is 0. The van der Waals surface area contributed by atoms with Gasteiger partial charge in [0.15, 0.2) is 0 Å². The third-order valence-corrected chi connectivity index (χ3v) is 12.4. The largest absolute Gasteiger partial charge is 0.468 e. The van der Waals surface area contributed by atoms with E-state index in [1.807, 2.05) is 0 Å². The second kappa shape index (κ2) is 8.53. The lowest BCUT2D eigenvalue weighted by atomic mass is 9.94. The van der Waals surface area contributed by atoms with Gasteiger partial charge in [0.05, 0.1) is 13.7 Å². The molecule has 2 fully saturated rings. The molecule has 166 valence electrons. The topological polar surface area (TPSA) is 38.8 Å². The molecule has 0 radical (unpaired) electrons. The molecule has 0 unspecified atom stereocenters. The van der Waals surface area contributed by atoms with Gasteiger partial charge in [-0.2, -0.15) is 0 Å². The monoisotopic (exact) mass is 437 g/mol. The highest BCUT2D eigenvalue weighted by molar-refractivity contribution is 6.99. The third-order valence-electron chi connectivity index (χ3n) is 7.35. The number of ether oxygens (including phenoxy) is 1. The molecule has 2 saturated heterocycles. The van der Waals surface area contributed by atoms with Crippen LogP contribution in [0.1, 0.15) is 46.5 Å². The van der Waals surface area contributed by atoms with Gasteiger partial charge in [-0.3, -0.25) is 9.69 Å². The van der Waals surface area contributed by atoms with Crippen LogP contribution in [0.5, 0.6) is 0 Å². The van der Waals surface area contributed by atoms with Crippen LogP contribution < -0.4 is 10.4 Å². The fourth-order valence-corrected chi connectivity index (χ4v) is 10.5. The number of esters is 1. The highest BCUT2D eigenvalue weighted by atomic mass is 28.4. The molecule has 4 nitrogen and oxygen atoms in total. The summed E-state index contributed by atoms with van der Waals surface area (Å²) in [5, 5.41) is 2.55. The van der Waals surface area contributed by atoms with Crippen molar-refractivity contribution in [2.24, 2.45) is 0 Å². The zero-order valence-electron chi connectivity index (χ0n) is 19.3. The van der Waals surface area contributed by atoms with E-state index in [2.05, 4.69) is 86.3 Å². The smallest absolute Gasteiger partial charge is 0.326 e. The molecule has 0 bridgehead atoms. The minimum atomic E-state index is -2.56. The summed E-state index contributed by atoms with van der Waals surface area (Å²) in [6.07, 6.45) is 3.79. The summed E-state index contributed by atoms with van der Waals surface area (Å²) in [7, 11) is -1.05. The van der Waals surface area contributed by atoms with Gasteiger partial charge in [0.1, 0.15) is 5.54 Å². The molecular formula is C26H35NO3Si. The van der Waals surface area contributed by atoms with E-state index >= 15 is 0 Å². The van der Waals surface area contributed by atoms with E-state index in [1.165, 1.54) is 17.5 Å². The number of carbonyl (C=O) groups excluding carboxylic acids is 1. The number of hydrogen-bond acceptors (Lipinski definition) is 4. The van der Waals surface area contributed by atoms with Gasteiger partial charge < -0.3 is 9.16 Å². The molecule has 2 aromatic carbocycles. The van der Waals surface area contributed by atoms with Crippen molar-refractivity contribution in [1.29, 1.82) is 0 Å². The molecule has 5 heteroatoms. The fraction of sp³-hybridized carbons (Fsp3) is 0.500. The Bertz CT molecular complexity index is 856. The van der Waals surface area contributed by atoms with Crippen LogP contribution in [-0.2, 0) is 14.0 Å². The standard InChI is InChI=1S/C26H35NO3Si/c1-25(2,3)31(22-12-7-5-8-13-22,23-14-9-6-10-15-23)30-20-21-16-18-26(24(28)29-4)17-11-19-27(21)26/h5-10,12-15,21H,11,16-20H2,1-4H3/t21-,26+/m1/s1. The van der Waals surface area contributed by atoms with E-state index in [0.717, 1.165) is 32.2 Å². The molecule has 0 spiro atoms. The van der Waals surface area contributed by atoms with Crippen molar-refractivity contribution >= 4 is 24.7 Å². The lowest BCUT2D eigenvalue weighted by Gasteiger charge is -2.44. The van der Waals surface area contributed by atoms with Crippen molar-refractivity contribution < 1.29 is 14.0 Å². The summed E-state index contributed by atoms with van der Waals surface area (Å²) in [4.78, 5) is 15.1. The lowest BCUT2D eigenvalue weighted by molar-refractivity contribution is -0.152. The average Bonchev–Trinajstić information content (AvgIpc) is 3.35.